The van der Waals surface area contributed by atoms with Gasteiger partial charge in [-0.25, -0.2) is 0 Å². The molecule has 3 nitrogen and oxygen atoms in total. The third-order valence-electron chi connectivity index (χ3n) is 2.48. The number of hydrogen-bond acceptors (Lipinski definition) is 3. The van der Waals surface area contributed by atoms with Crippen LogP contribution in [0.2, 0.25) is 0 Å². The van der Waals surface area contributed by atoms with Crippen LogP contribution in [0.25, 0.3) is 0 Å². The molecule has 4 heteroatoms. The maximum absolute atomic E-state index is 9.91. The lowest BCUT2D eigenvalue weighted by Crippen LogP contribution is -2.25. The number of hydrogen-bond donors (Lipinski definition) is 2. The molecule has 0 bridgehead atoms. The van der Waals surface area contributed by atoms with Crippen molar-refractivity contribution in [2.24, 2.45) is 5.41 Å². The van der Waals surface area contributed by atoms with E-state index in [1.807, 2.05) is 12.1 Å². The van der Waals surface area contributed by atoms with Gasteiger partial charge in [-0.3, -0.25) is 0 Å². The lowest BCUT2D eigenvalue weighted by molar-refractivity contribution is 0.132. The minimum atomic E-state index is -0.416. The topological polar surface area (TPSA) is 56.0 Å². The van der Waals surface area contributed by atoms with Gasteiger partial charge in [0.1, 0.15) is 6.07 Å². The number of aliphatic hydroxyl groups is 1. The van der Waals surface area contributed by atoms with E-state index in [1.165, 1.54) is 0 Å². The third kappa shape index (κ3) is 5.07. The number of nitriles is 1. The minimum Gasteiger partial charge on any atom is -0.391 e. The van der Waals surface area contributed by atoms with Gasteiger partial charge in [-0.2, -0.15) is 5.26 Å². The van der Waals surface area contributed by atoms with Crippen LogP contribution in [0.3, 0.4) is 0 Å². The second kappa shape index (κ2) is 6.21. The molecule has 1 unspecified atom stereocenters. The van der Waals surface area contributed by atoms with E-state index >= 15 is 0 Å². The lowest BCUT2D eigenvalue weighted by atomic mass is 9.89. The van der Waals surface area contributed by atoms with Gasteiger partial charge in [0.15, 0.2) is 0 Å². The molecule has 0 aliphatic carbocycles. The highest BCUT2D eigenvalue weighted by Gasteiger charge is 2.16. The summed E-state index contributed by atoms with van der Waals surface area (Å²) in [6, 6.07) is 7.61. The summed E-state index contributed by atoms with van der Waals surface area (Å²) in [7, 11) is 0. The average Bonchev–Trinajstić information content (AvgIpc) is 2.24. The molecule has 2 N–H and O–H groups in total. The van der Waals surface area contributed by atoms with E-state index in [-0.39, 0.29) is 5.41 Å². The van der Waals surface area contributed by atoms with E-state index in [9.17, 15) is 5.11 Å². The number of halogens is 1. The summed E-state index contributed by atoms with van der Waals surface area (Å²) in [5, 5.41) is 22.1. The van der Waals surface area contributed by atoms with Crippen LogP contribution >= 0.6 is 15.9 Å². The molecule has 0 fully saturated rings. The maximum atomic E-state index is 9.91. The van der Waals surface area contributed by atoms with E-state index in [1.54, 1.807) is 6.07 Å². The second-order valence-corrected chi connectivity index (χ2v) is 6.52. The van der Waals surface area contributed by atoms with Crippen molar-refractivity contribution in [1.82, 2.24) is 0 Å². The number of aliphatic hydroxyl groups excluding tert-OH is 1. The molecule has 1 aromatic rings. The van der Waals surface area contributed by atoms with Crippen molar-refractivity contribution >= 4 is 21.6 Å². The molecule has 0 spiro atoms. The molecule has 0 saturated carbocycles. The van der Waals surface area contributed by atoms with Crippen molar-refractivity contribution in [1.29, 1.82) is 5.26 Å². The Morgan fingerprint density at radius 2 is 2.11 bits per heavy atom. The van der Waals surface area contributed by atoms with Gasteiger partial charge in [-0.15, -0.1) is 0 Å². The zero-order chi connectivity index (χ0) is 13.8. The van der Waals surface area contributed by atoms with E-state index < -0.39 is 6.10 Å². The van der Waals surface area contributed by atoms with Gasteiger partial charge in [0.05, 0.1) is 17.4 Å². The molecule has 0 aromatic heterocycles. The predicted molar refractivity (Wildman–Crippen MR) is 77.4 cm³/mol. The van der Waals surface area contributed by atoms with Crippen molar-refractivity contribution in [3.8, 4) is 6.07 Å². The quantitative estimate of drug-likeness (QED) is 0.894. The van der Waals surface area contributed by atoms with Crippen molar-refractivity contribution in [2.75, 3.05) is 11.9 Å². The molecule has 1 aromatic carbocycles. The first-order valence-corrected chi connectivity index (χ1v) is 6.73. The summed E-state index contributed by atoms with van der Waals surface area (Å²) < 4.78 is 0.875. The van der Waals surface area contributed by atoms with Crippen LogP contribution in [0.15, 0.2) is 22.7 Å². The van der Waals surface area contributed by atoms with Crippen LogP contribution in [0, 0.1) is 16.7 Å². The van der Waals surface area contributed by atoms with E-state index in [4.69, 9.17) is 5.26 Å². The SMILES string of the molecule is CC(C)(C)CC(O)CNc1ccc(Br)cc1C#N. The van der Waals surface area contributed by atoms with Crippen LogP contribution in [-0.2, 0) is 0 Å². The molecule has 0 aliphatic rings. The Kier molecular flexibility index (Phi) is 5.18. The van der Waals surface area contributed by atoms with Gasteiger partial charge in [0.2, 0.25) is 0 Å². The standard InChI is InChI=1S/C14H19BrN2O/c1-14(2,3)7-12(18)9-17-13-5-4-11(15)6-10(13)8-16/h4-6,12,17-18H,7,9H2,1-3H3. The van der Waals surface area contributed by atoms with Crippen LogP contribution in [0.5, 0.6) is 0 Å². The Morgan fingerprint density at radius 1 is 1.44 bits per heavy atom. The Balaban J connectivity index is 2.62. The Hall–Kier alpha value is -1.05. The first-order chi connectivity index (χ1) is 8.31. The number of nitrogens with zero attached hydrogens (tertiary/aromatic N) is 1. The van der Waals surface area contributed by atoms with E-state index in [0.29, 0.717) is 12.1 Å². The summed E-state index contributed by atoms with van der Waals surface area (Å²) in [5.74, 6) is 0. The van der Waals surface area contributed by atoms with Gasteiger partial charge in [0.25, 0.3) is 0 Å². The van der Waals surface area contributed by atoms with Crippen molar-refractivity contribution < 1.29 is 5.11 Å². The summed E-state index contributed by atoms with van der Waals surface area (Å²) in [6.45, 7) is 6.73. The molecule has 18 heavy (non-hydrogen) atoms. The largest absolute Gasteiger partial charge is 0.391 e. The number of nitrogens with one attached hydrogen (secondary N) is 1. The lowest BCUT2D eigenvalue weighted by Gasteiger charge is -2.23. The van der Waals surface area contributed by atoms with E-state index in [2.05, 4.69) is 48.1 Å². The Morgan fingerprint density at radius 3 is 2.67 bits per heavy atom. The highest BCUT2D eigenvalue weighted by Crippen LogP contribution is 2.23. The first kappa shape index (κ1) is 15.0. The van der Waals surface area contributed by atoms with Gasteiger partial charge < -0.3 is 10.4 Å². The van der Waals surface area contributed by atoms with Crippen LogP contribution in [0.4, 0.5) is 5.69 Å². The normalized spacial score (nSPS) is 12.9. The third-order valence-corrected chi connectivity index (χ3v) is 2.97. The number of anilines is 1. The second-order valence-electron chi connectivity index (χ2n) is 5.60. The smallest absolute Gasteiger partial charge is 0.101 e. The molecular formula is C14H19BrN2O. The molecule has 98 valence electrons. The van der Waals surface area contributed by atoms with E-state index in [0.717, 1.165) is 16.6 Å². The highest BCUT2D eigenvalue weighted by atomic mass is 79.9. The summed E-state index contributed by atoms with van der Waals surface area (Å²) in [6.07, 6.45) is 0.304. The minimum absolute atomic E-state index is 0.0961. The number of benzene rings is 1. The van der Waals surface area contributed by atoms with Crippen molar-refractivity contribution in [3.63, 3.8) is 0 Å². The van der Waals surface area contributed by atoms with Crippen molar-refractivity contribution in [2.45, 2.75) is 33.3 Å². The number of rotatable bonds is 4. The predicted octanol–water partition coefficient (Wildman–Crippen LogP) is 3.53. The van der Waals surface area contributed by atoms with Crippen LogP contribution in [0.1, 0.15) is 32.8 Å². The summed E-state index contributed by atoms with van der Waals surface area (Å²) in [5.41, 5.74) is 1.43. The Bertz CT molecular complexity index is 446. The fraction of sp³-hybridized carbons (Fsp3) is 0.500. The molecule has 0 saturated heterocycles. The molecule has 0 heterocycles. The first-order valence-electron chi connectivity index (χ1n) is 5.93. The van der Waals surface area contributed by atoms with Crippen molar-refractivity contribution in [3.05, 3.63) is 28.2 Å². The molecule has 1 atom stereocenters. The summed E-state index contributed by atoms with van der Waals surface area (Å²) >= 11 is 3.33. The van der Waals surface area contributed by atoms with Gasteiger partial charge >= 0.3 is 0 Å². The molecular weight excluding hydrogens is 292 g/mol. The molecule has 0 radical (unpaired) electrons. The maximum Gasteiger partial charge on any atom is 0.101 e. The monoisotopic (exact) mass is 310 g/mol. The zero-order valence-corrected chi connectivity index (χ0v) is 12.6. The summed E-state index contributed by atoms with van der Waals surface area (Å²) in [4.78, 5) is 0. The Labute approximate surface area is 117 Å². The molecule has 0 aliphatic heterocycles. The molecule has 1 rings (SSSR count). The van der Waals surface area contributed by atoms with Gasteiger partial charge in [0, 0.05) is 11.0 Å². The van der Waals surface area contributed by atoms with Gasteiger partial charge in [-0.1, -0.05) is 36.7 Å². The zero-order valence-electron chi connectivity index (χ0n) is 11.0. The average molecular weight is 311 g/mol. The fourth-order valence-electron chi connectivity index (χ4n) is 1.77. The fourth-order valence-corrected chi connectivity index (χ4v) is 2.13. The van der Waals surface area contributed by atoms with Crippen LogP contribution < -0.4 is 5.32 Å². The molecule has 0 amide bonds. The highest BCUT2D eigenvalue weighted by molar-refractivity contribution is 9.10. The van der Waals surface area contributed by atoms with Crippen LogP contribution in [-0.4, -0.2) is 17.8 Å². The van der Waals surface area contributed by atoms with Gasteiger partial charge in [-0.05, 0) is 30.0 Å².